The number of aliphatic hydroxyl groups is 1. The molecule has 1 heterocycles. The third-order valence-electron chi connectivity index (χ3n) is 3.42. The van der Waals surface area contributed by atoms with E-state index in [1.54, 1.807) is 23.1 Å². The molecule has 1 fully saturated rings. The number of ether oxygens (including phenoxy) is 1. The number of carbonyl (C=O) groups is 1. The van der Waals surface area contributed by atoms with Crippen molar-refractivity contribution in [2.24, 2.45) is 0 Å². The van der Waals surface area contributed by atoms with E-state index >= 15 is 0 Å². The lowest BCUT2D eigenvalue weighted by molar-refractivity contribution is -0.135. The lowest BCUT2D eigenvalue weighted by Gasteiger charge is -2.34. The molecule has 1 saturated heterocycles. The van der Waals surface area contributed by atoms with Gasteiger partial charge in [0.05, 0.1) is 5.02 Å². The molecule has 5 nitrogen and oxygen atoms in total. The van der Waals surface area contributed by atoms with Crippen molar-refractivity contribution in [1.82, 2.24) is 9.80 Å². The summed E-state index contributed by atoms with van der Waals surface area (Å²) in [6.45, 7) is 3.71. The molecule has 0 atom stereocenters. The van der Waals surface area contributed by atoms with Crippen LogP contribution in [0, 0.1) is 0 Å². The summed E-state index contributed by atoms with van der Waals surface area (Å²) in [6.07, 6.45) is 0. The Bertz CT molecular complexity index is 491. The summed E-state index contributed by atoms with van der Waals surface area (Å²) in [5.74, 6) is 0.411. The van der Waals surface area contributed by atoms with Gasteiger partial charge in [-0.2, -0.15) is 0 Å². The van der Waals surface area contributed by atoms with Gasteiger partial charge >= 0.3 is 0 Å². The van der Waals surface area contributed by atoms with Crippen LogP contribution in [0.3, 0.4) is 0 Å². The smallest absolute Gasteiger partial charge is 0.248 e. The zero-order valence-electron chi connectivity index (χ0n) is 11.6. The molecular weight excluding hydrogens is 315 g/mol. The summed E-state index contributed by atoms with van der Waals surface area (Å²) in [5, 5.41) is 9.90. The van der Waals surface area contributed by atoms with Crippen molar-refractivity contribution >= 4 is 29.1 Å². The number of halogens is 2. The Morgan fingerprint density at radius 2 is 1.95 bits per heavy atom. The van der Waals surface area contributed by atoms with Crippen LogP contribution >= 0.6 is 23.2 Å². The van der Waals surface area contributed by atoms with Gasteiger partial charge in [-0.15, -0.1) is 0 Å². The molecule has 2 rings (SSSR count). The largest absolute Gasteiger partial charge is 0.491 e. The molecule has 0 aliphatic carbocycles. The van der Waals surface area contributed by atoms with E-state index in [9.17, 15) is 4.79 Å². The lowest BCUT2D eigenvalue weighted by atomic mass is 10.3. The minimum atomic E-state index is -0.418. The third-order valence-corrected chi connectivity index (χ3v) is 3.95. The molecule has 1 aromatic rings. The van der Waals surface area contributed by atoms with Gasteiger partial charge in [-0.25, -0.2) is 0 Å². The number of benzene rings is 1. The van der Waals surface area contributed by atoms with E-state index in [0.717, 1.165) is 19.6 Å². The maximum atomic E-state index is 11.3. The Morgan fingerprint density at radius 3 is 2.57 bits per heavy atom. The van der Waals surface area contributed by atoms with E-state index in [1.807, 2.05) is 0 Å². The second kappa shape index (κ2) is 7.84. The molecule has 0 bridgehead atoms. The number of rotatable bonds is 5. The molecule has 116 valence electrons. The van der Waals surface area contributed by atoms with Gasteiger partial charge in [-0.1, -0.05) is 23.2 Å². The van der Waals surface area contributed by atoms with Gasteiger partial charge in [0, 0.05) is 37.7 Å². The van der Waals surface area contributed by atoms with E-state index in [4.69, 9.17) is 33.0 Å². The molecule has 0 radical (unpaired) electrons. The summed E-state index contributed by atoms with van der Waals surface area (Å²) < 4.78 is 5.64. The molecule has 1 aliphatic heterocycles. The van der Waals surface area contributed by atoms with Crippen LogP contribution in [0.5, 0.6) is 5.75 Å². The monoisotopic (exact) mass is 332 g/mol. The molecule has 0 unspecified atom stereocenters. The first-order valence-corrected chi connectivity index (χ1v) is 7.54. The Labute approximate surface area is 134 Å². The van der Waals surface area contributed by atoms with Crippen LogP contribution in [-0.4, -0.2) is 66.8 Å². The van der Waals surface area contributed by atoms with Crippen LogP contribution < -0.4 is 4.74 Å². The fourth-order valence-corrected chi connectivity index (χ4v) is 2.66. The number of aliphatic hydroxyl groups excluding tert-OH is 1. The Morgan fingerprint density at radius 1 is 1.24 bits per heavy atom. The van der Waals surface area contributed by atoms with Crippen LogP contribution in [0.1, 0.15) is 0 Å². The Hall–Kier alpha value is -1.01. The summed E-state index contributed by atoms with van der Waals surface area (Å²) in [7, 11) is 0. The molecule has 7 heteroatoms. The predicted molar refractivity (Wildman–Crippen MR) is 82.1 cm³/mol. The number of hydrogen-bond donors (Lipinski definition) is 1. The quantitative estimate of drug-likeness (QED) is 0.888. The van der Waals surface area contributed by atoms with Gasteiger partial charge in [-0.05, 0) is 18.2 Å². The SMILES string of the molecule is O=C(CO)N1CCN(CCOc2ccc(Cl)cc2Cl)CC1. The maximum Gasteiger partial charge on any atom is 0.248 e. The van der Waals surface area contributed by atoms with Gasteiger partial charge < -0.3 is 14.7 Å². The third kappa shape index (κ3) is 4.74. The number of hydrogen-bond acceptors (Lipinski definition) is 4. The predicted octanol–water partition coefficient (Wildman–Crippen LogP) is 1.51. The number of piperazine rings is 1. The average molecular weight is 333 g/mol. The highest BCUT2D eigenvalue weighted by molar-refractivity contribution is 6.35. The summed E-state index contributed by atoms with van der Waals surface area (Å²) in [4.78, 5) is 15.2. The number of amides is 1. The second-order valence-corrected chi connectivity index (χ2v) is 5.65. The highest BCUT2D eigenvalue weighted by atomic mass is 35.5. The van der Waals surface area contributed by atoms with Gasteiger partial charge in [-0.3, -0.25) is 9.69 Å². The van der Waals surface area contributed by atoms with Crippen molar-refractivity contribution < 1.29 is 14.6 Å². The average Bonchev–Trinajstić information content (AvgIpc) is 2.49. The lowest BCUT2D eigenvalue weighted by Crippen LogP contribution is -2.50. The zero-order valence-corrected chi connectivity index (χ0v) is 13.1. The fourth-order valence-electron chi connectivity index (χ4n) is 2.20. The standard InChI is InChI=1S/C14H18Cl2N2O3/c15-11-1-2-13(12(16)9-11)21-8-7-17-3-5-18(6-4-17)14(20)10-19/h1-2,9,19H,3-8,10H2. The van der Waals surface area contributed by atoms with E-state index < -0.39 is 6.61 Å². The second-order valence-electron chi connectivity index (χ2n) is 4.80. The molecular formula is C14H18Cl2N2O3. The van der Waals surface area contributed by atoms with Gasteiger partial charge in [0.25, 0.3) is 0 Å². The van der Waals surface area contributed by atoms with E-state index in [0.29, 0.717) is 35.5 Å². The minimum absolute atomic E-state index is 0.209. The fraction of sp³-hybridized carbons (Fsp3) is 0.500. The molecule has 1 aromatic carbocycles. The van der Waals surface area contributed by atoms with Crippen molar-refractivity contribution in [3.8, 4) is 5.75 Å². The first-order valence-electron chi connectivity index (χ1n) is 6.79. The molecule has 0 aromatic heterocycles. The van der Waals surface area contributed by atoms with Crippen molar-refractivity contribution in [2.75, 3.05) is 45.9 Å². The van der Waals surface area contributed by atoms with E-state index in [2.05, 4.69) is 4.90 Å². The van der Waals surface area contributed by atoms with Crippen LogP contribution in [0.25, 0.3) is 0 Å². The van der Waals surface area contributed by atoms with E-state index in [-0.39, 0.29) is 5.91 Å². The van der Waals surface area contributed by atoms with Crippen LogP contribution in [0.2, 0.25) is 10.0 Å². The zero-order chi connectivity index (χ0) is 15.2. The van der Waals surface area contributed by atoms with Crippen molar-refractivity contribution in [3.05, 3.63) is 28.2 Å². The topological polar surface area (TPSA) is 53.0 Å². The van der Waals surface area contributed by atoms with Crippen LogP contribution in [-0.2, 0) is 4.79 Å². The van der Waals surface area contributed by atoms with Crippen molar-refractivity contribution in [1.29, 1.82) is 0 Å². The molecule has 1 amide bonds. The normalized spacial score (nSPS) is 16.0. The summed E-state index contributed by atoms with van der Waals surface area (Å²) in [6, 6.07) is 5.14. The van der Waals surface area contributed by atoms with Crippen molar-refractivity contribution in [3.63, 3.8) is 0 Å². The molecule has 1 N–H and O–H groups in total. The summed E-state index contributed by atoms with van der Waals surface area (Å²) >= 11 is 11.9. The number of nitrogens with zero attached hydrogens (tertiary/aromatic N) is 2. The highest BCUT2D eigenvalue weighted by Gasteiger charge is 2.20. The Balaban J connectivity index is 1.71. The minimum Gasteiger partial charge on any atom is -0.491 e. The van der Waals surface area contributed by atoms with Gasteiger partial charge in [0.2, 0.25) is 5.91 Å². The molecule has 21 heavy (non-hydrogen) atoms. The first kappa shape index (κ1) is 16.4. The summed E-state index contributed by atoms with van der Waals surface area (Å²) in [5.41, 5.74) is 0. The van der Waals surface area contributed by atoms with Gasteiger partial charge in [0.15, 0.2) is 0 Å². The molecule has 0 saturated carbocycles. The number of carbonyl (C=O) groups excluding carboxylic acids is 1. The Kier molecular flexibility index (Phi) is 6.11. The van der Waals surface area contributed by atoms with Crippen LogP contribution in [0.4, 0.5) is 0 Å². The van der Waals surface area contributed by atoms with Gasteiger partial charge in [0.1, 0.15) is 19.0 Å². The van der Waals surface area contributed by atoms with Crippen LogP contribution in [0.15, 0.2) is 18.2 Å². The first-order chi connectivity index (χ1) is 10.1. The molecule has 0 spiro atoms. The maximum absolute atomic E-state index is 11.3. The van der Waals surface area contributed by atoms with E-state index in [1.165, 1.54) is 0 Å². The highest BCUT2D eigenvalue weighted by Crippen LogP contribution is 2.27. The van der Waals surface area contributed by atoms with Crippen molar-refractivity contribution in [2.45, 2.75) is 0 Å². The molecule has 1 aliphatic rings.